The fraction of sp³-hybridized carbons (Fsp3) is 0.588. The topological polar surface area (TPSA) is 64.4 Å². The SMILES string of the molecule is CCC(C)[C@H](N)C(=O)NC(C)c1ccccc1OC(C)C. The number of amides is 1. The van der Waals surface area contributed by atoms with Gasteiger partial charge >= 0.3 is 0 Å². The number of ether oxygens (including phenoxy) is 1. The van der Waals surface area contributed by atoms with Crippen LogP contribution in [0.15, 0.2) is 24.3 Å². The first-order valence-corrected chi connectivity index (χ1v) is 7.68. The Morgan fingerprint density at radius 3 is 2.43 bits per heavy atom. The zero-order valence-corrected chi connectivity index (χ0v) is 13.7. The van der Waals surface area contributed by atoms with Gasteiger partial charge in [0.2, 0.25) is 5.91 Å². The molecule has 1 rings (SSSR count). The molecule has 4 heteroatoms. The molecule has 0 spiro atoms. The number of hydrogen-bond donors (Lipinski definition) is 2. The summed E-state index contributed by atoms with van der Waals surface area (Å²) in [5.41, 5.74) is 6.94. The van der Waals surface area contributed by atoms with Crippen LogP contribution in [-0.4, -0.2) is 18.1 Å². The molecule has 0 bridgehead atoms. The molecular formula is C17H28N2O2. The van der Waals surface area contributed by atoms with Crippen molar-refractivity contribution >= 4 is 5.91 Å². The van der Waals surface area contributed by atoms with Crippen molar-refractivity contribution in [3.63, 3.8) is 0 Å². The van der Waals surface area contributed by atoms with Gasteiger partial charge < -0.3 is 15.8 Å². The minimum Gasteiger partial charge on any atom is -0.491 e. The van der Waals surface area contributed by atoms with Crippen LogP contribution in [0.25, 0.3) is 0 Å². The van der Waals surface area contributed by atoms with Crippen LogP contribution >= 0.6 is 0 Å². The first kappa shape index (κ1) is 17.5. The summed E-state index contributed by atoms with van der Waals surface area (Å²) in [5.74, 6) is 0.855. The van der Waals surface area contributed by atoms with Crippen LogP contribution in [0.3, 0.4) is 0 Å². The molecule has 3 N–H and O–H groups in total. The zero-order chi connectivity index (χ0) is 16.0. The molecule has 0 aliphatic heterocycles. The van der Waals surface area contributed by atoms with E-state index in [0.717, 1.165) is 17.7 Å². The fourth-order valence-electron chi connectivity index (χ4n) is 2.10. The lowest BCUT2D eigenvalue weighted by molar-refractivity contribution is -0.124. The van der Waals surface area contributed by atoms with Crippen molar-refractivity contribution in [2.75, 3.05) is 0 Å². The average Bonchev–Trinajstić information content (AvgIpc) is 2.45. The summed E-state index contributed by atoms with van der Waals surface area (Å²) in [7, 11) is 0. The lowest BCUT2D eigenvalue weighted by Crippen LogP contribution is -2.45. The van der Waals surface area contributed by atoms with E-state index in [1.807, 2.05) is 58.9 Å². The lowest BCUT2D eigenvalue weighted by atomic mass is 9.98. The number of rotatable bonds is 7. The normalized spacial score (nSPS) is 15.4. The Kier molecular flexibility index (Phi) is 6.69. The first-order chi connectivity index (χ1) is 9.86. The Hall–Kier alpha value is -1.55. The van der Waals surface area contributed by atoms with E-state index in [2.05, 4.69) is 5.32 Å². The van der Waals surface area contributed by atoms with Gasteiger partial charge in [0, 0.05) is 5.56 Å². The second kappa shape index (κ2) is 8.03. The second-order valence-electron chi connectivity index (χ2n) is 5.85. The van der Waals surface area contributed by atoms with Crippen molar-refractivity contribution in [2.24, 2.45) is 11.7 Å². The van der Waals surface area contributed by atoms with Gasteiger partial charge in [0.05, 0.1) is 18.2 Å². The lowest BCUT2D eigenvalue weighted by Gasteiger charge is -2.23. The van der Waals surface area contributed by atoms with Crippen molar-refractivity contribution in [1.82, 2.24) is 5.32 Å². The highest BCUT2D eigenvalue weighted by Gasteiger charge is 2.22. The Balaban J connectivity index is 2.80. The van der Waals surface area contributed by atoms with E-state index in [0.29, 0.717) is 0 Å². The number of carbonyl (C=O) groups excluding carboxylic acids is 1. The third-order valence-corrected chi connectivity index (χ3v) is 3.67. The highest BCUT2D eigenvalue weighted by molar-refractivity contribution is 5.82. The largest absolute Gasteiger partial charge is 0.491 e. The molecule has 0 aromatic heterocycles. The van der Waals surface area contributed by atoms with Gasteiger partial charge in [0.15, 0.2) is 0 Å². The second-order valence-corrected chi connectivity index (χ2v) is 5.85. The van der Waals surface area contributed by atoms with E-state index in [1.165, 1.54) is 0 Å². The average molecular weight is 292 g/mol. The number of carbonyl (C=O) groups is 1. The first-order valence-electron chi connectivity index (χ1n) is 7.68. The molecule has 1 aromatic carbocycles. The summed E-state index contributed by atoms with van der Waals surface area (Å²) >= 11 is 0. The van der Waals surface area contributed by atoms with Gasteiger partial charge in [0.25, 0.3) is 0 Å². The molecule has 4 nitrogen and oxygen atoms in total. The van der Waals surface area contributed by atoms with Crippen LogP contribution < -0.4 is 15.8 Å². The summed E-state index contributed by atoms with van der Waals surface area (Å²) in [6.07, 6.45) is 0.979. The third kappa shape index (κ3) is 5.05. The smallest absolute Gasteiger partial charge is 0.237 e. The number of hydrogen-bond acceptors (Lipinski definition) is 3. The summed E-state index contributed by atoms with van der Waals surface area (Å²) in [6, 6.07) is 7.16. The van der Waals surface area contributed by atoms with Crippen molar-refractivity contribution in [3.05, 3.63) is 29.8 Å². The maximum absolute atomic E-state index is 12.2. The molecule has 0 aliphatic carbocycles. The van der Waals surface area contributed by atoms with Crippen molar-refractivity contribution in [3.8, 4) is 5.75 Å². The van der Waals surface area contributed by atoms with Gasteiger partial charge in [-0.1, -0.05) is 38.5 Å². The minimum absolute atomic E-state index is 0.0939. The molecule has 0 aliphatic rings. The van der Waals surface area contributed by atoms with Crippen molar-refractivity contribution < 1.29 is 9.53 Å². The van der Waals surface area contributed by atoms with E-state index in [9.17, 15) is 4.79 Å². The van der Waals surface area contributed by atoms with Gasteiger partial charge in [-0.3, -0.25) is 4.79 Å². The predicted molar refractivity (Wildman–Crippen MR) is 86.2 cm³/mol. The third-order valence-electron chi connectivity index (χ3n) is 3.67. The number of nitrogens with one attached hydrogen (secondary N) is 1. The monoisotopic (exact) mass is 292 g/mol. The van der Waals surface area contributed by atoms with Crippen LogP contribution in [0.5, 0.6) is 5.75 Å². The molecular weight excluding hydrogens is 264 g/mol. The molecule has 2 unspecified atom stereocenters. The molecule has 0 saturated heterocycles. The molecule has 0 radical (unpaired) electrons. The molecule has 1 amide bonds. The number of nitrogens with two attached hydrogens (primary N) is 1. The predicted octanol–water partition coefficient (Wildman–Crippen LogP) is 3.02. The molecule has 0 heterocycles. The number of para-hydroxylation sites is 1. The Morgan fingerprint density at radius 1 is 1.24 bits per heavy atom. The quantitative estimate of drug-likeness (QED) is 0.812. The van der Waals surface area contributed by atoms with E-state index in [1.54, 1.807) is 0 Å². The Morgan fingerprint density at radius 2 is 1.86 bits per heavy atom. The summed E-state index contributed by atoms with van der Waals surface area (Å²) < 4.78 is 5.79. The maximum Gasteiger partial charge on any atom is 0.237 e. The van der Waals surface area contributed by atoms with Crippen LogP contribution in [0.2, 0.25) is 0 Å². The molecule has 0 saturated carbocycles. The molecule has 1 aromatic rings. The highest BCUT2D eigenvalue weighted by atomic mass is 16.5. The van der Waals surface area contributed by atoms with Crippen LogP contribution in [0, 0.1) is 5.92 Å². The number of benzene rings is 1. The highest BCUT2D eigenvalue weighted by Crippen LogP contribution is 2.26. The maximum atomic E-state index is 12.2. The summed E-state index contributed by atoms with van der Waals surface area (Å²) in [4.78, 5) is 12.2. The Bertz CT molecular complexity index is 460. The molecule has 21 heavy (non-hydrogen) atoms. The van der Waals surface area contributed by atoms with Gasteiger partial charge in [-0.15, -0.1) is 0 Å². The van der Waals surface area contributed by atoms with Crippen molar-refractivity contribution in [2.45, 2.75) is 59.2 Å². The van der Waals surface area contributed by atoms with E-state index in [4.69, 9.17) is 10.5 Å². The Labute approximate surface area is 128 Å². The van der Waals surface area contributed by atoms with Gasteiger partial charge in [-0.2, -0.15) is 0 Å². The van der Waals surface area contributed by atoms with Crippen LogP contribution in [0.4, 0.5) is 0 Å². The summed E-state index contributed by atoms with van der Waals surface area (Å²) in [5, 5.41) is 2.98. The molecule has 3 atom stereocenters. The van der Waals surface area contributed by atoms with Crippen molar-refractivity contribution in [1.29, 1.82) is 0 Å². The van der Waals surface area contributed by atoms with Gasteiger partial charge in [-0.25, -0.2) is 0 Å². The minimum atomic E-state index is -0.476. The standard InChI is InChI=1S/C17H28N2O2/c1-6-12(4)16(18)17(20)19-13(5)14-9-7-8-10-15(14)21-11(2)3/h7-13,16H,6,18H2,1-5H3,(H,19,20)/t12?,13?,16-/m0/s1. The van der Waals surface area contributed by atoms with E-state index >= 15 is 0 Å². The fourth-order valence-corrected chi connectivity index (χ4v) is 2.10. The van der Waals surface area contributed by atoms with E-state index in [-0.39, 0.29) is 24.0 Å². The zero-order valence-electron chi connectivity index (χ0n) is 13.7. The van der Waals surface area contributed by atoms with Crippen LogP contribution in [-0.2, 0) is 4.79 Å². The van der Waals surface area contributed by atoms with Crippen LogP contribution in [0.1, 0.15) is 52.6 Å². The van der Waals surface area contributed by atoms with E-state index < -0.39 is 6.04 Å². The molecule has 0 fully saturated rings. The summed E-state index contributed by atoms with van der Waals surface area (Å²) in [6.45, 7) is 9.94. The van der Waals surface area contributed by atoms with Gasteiger partial charge in [-0.05, 0) is 32.8 Å². The molecule has 118 valence electrons. The van der Waals surface area contributed by atoms with Gasteiger partial charge in [0.1, 0.15) is 5.75 Å².